The lowest BCUT2D eigenvalue weighted by Gasteiger charge is -2.27. The fourth-order valence-corrected chi connectivity index (χ4v) is 8.99. The van der Waals surface area contributed by atoms with E-state index >= 15 is 0 Å². The molecule has 12 N–H and O–H groups in total. The minimum atomic E-state index is -4.65. The Morgan fingerprint density at radius 1 is 0.478 bits per heavy atom. The molecule has 0 heterocycles. The molecule has 0 saturated heterocycles. The summed E-state index contributed by atoms with van der Waals surface area (Å²) < 4.78 is 46.2. The Labute approximate surface area is 267 Å². The Bertz CT molecular complexity index is 1100. The van der Waals surface area contributed by atoms with Gasteiger partial charge in [0, 0.05) is 26.2 Å². The summed E-state index contributed by atoms with van der Waals surface area (Å²) in [6, 6.07) is 0. The molecule has 28 heteroatoms. The molecule has 0 aromatic carbocycles. The van der Waals surface area contributed by atoms with Crippen molar-refractivity contribution in [3.8, 4) is 0 Å². The Balaban J connectivity index is 5.00. The monoisotopic (exact) mass is 790 g/mol. The van der Waals surface area contributed by atoms with Crippen molar-refractivity contribution in [3.05, 3.63) is 0 Å². The van der Waals surface area contributed by atoms with E-state index in [9.17, 15) is 52.3 Å². The van der Waals surface area contributed by atoms with E-state index in [1.807, 2.05) is 0 Å². The number of carboxylic acid groups (broad SMARTS) is 1. The molecule has 0 radical (unpaired) electrons. The second-order valence-corrected chi connectivity index (χ2v) is 19.1. The number of carbonyl (C=O) groups excluding carboxylic acids is 1. The number of carbonyl (C=O) groups is 2. The Morgan fingerprint density at radius 2 is 0.783 bits per heavy atom. The third kappa shape index (κ3) is 25.2. The standard InChI is InChI=1S/C18H44N4O18P6/c23-17(42(27)28)22(41(26)18(24)25)12-6-10-20(14-44(32,33)34)8-4-2-1-3-7-19(13-43(29,30)31)9-5-11-21(15-45(35,36)37)16-46(38,39)40/h26-28H,1-16H2,(H,24,25)(H2,29,30,31)(H2,32,33,34)(H2,35,36,37)(H2,38,39,40). The summed E-state index contributed by atoms with van der Waals surface area (Å²) in [5.74, 6) is 0. The molecule has 1 unspecified atom stereocenters. The zero-order chi connectivity index (χ0) is 35.9. The molecule has 0 bridgehead atoms. The van der Waals surface area contributed by atoms with Crippen molar-refractivity contribution >= 4 is 58.4 Å². The van der Waals surface area contributed by atoms with Gasteiger partial charge in [-0.15, -0.1) is 0 Å². The summed E-state index contributed by atoms with van der Waals surface area (Å²) in [6.07, 6.45) is -1.29. The number of nitrogens with zero attached hydrogens (tertiary/aromatic N) is 4. The molecule has 0 fully saturated rings. The highest BCUT2D eigenvalue weighted by Gasteiger charge is 2.33. The second kappa shape index (κ2) is 21.4. The van der Waals surface area contributed by atoms with Crippen LogP contribution in [0.25, 0.3) is 0 Å². The average molecular weight is 790 g/mol. The van der Waals surface area contributed by atoms with Crippen LogP contribution < -0.4 is 0 Å². The largest absolute Gasteiger partial charge is 0.475 e. The first-order valence-electron chi connectivity index (χ1n) is 13.4. The molecule has 0 rings (SSSR count). The van der Waals surface area contributed by atoms with Gasteiger partial charge in [-0.2, -0.15) is 0 Å². The summed E-state index contributed by atoms with van der Waals surface area (Å²) in [5, 5.41) is 8.98. The molecular formula is C18H44N4O18P6. The molecule has 0 saturated carbocycles. The quantitative estimate of drug-likeness (QED) is 0.0418. The van der Waals surface area contributed by atoms with Gasteiger partial charge in [-0.25, -0.2) is 4.79 Å². The van der Waals surface area contributed by atoms with Crippen molar-refractivity contribution in [2.75, 3.05) is 64.4 Å². The van der Waals surface area contributed by atoms with E-state index in [1.54, 1.807) is 0 Å². The van der Waals surface area contributed by atoms with Gasteiger partial charge < -0.3 is 58.9 Å². The fraction of sp³-hybridized carbons (Fsp3) is 0.889. The molecule has 0 aliphatic heterocycles. The van der Waals surface area contributed by atoms with E-state index < -0.39 is 90.1 Å². The molecular weight excluding hydrogens is 746 g/mol. The minimum absolute atomic E-state index is 0.0336. The van der Waals surface area contributed by atoms with Gasteiger partial charge in [0.25, 0.3) is 16.7 Å². The van der Waals surface area contributed by atoms with Crippen LogP contribution >= 0.6 is 47.1 Å². The maximum Gasteiger partial charge on any atom is 0.374 e. The predicted molar refractivity (Wildman–Crippen MR) is 166 cm³/mol. The van der Waals surface area contributed by atoms with Crippen LogP contribution in [-0.4, -0.2) is 154 Å². The topological polar surface area (TPSA) is 358 Å². The predicted octanol–water partition coefficient (Wildman–Crippen LogP) is 0.475. The Hall–Kier alpha value is 0.160. The van der Waals surface area contributed by atoms with Crippen molar-refractivity contribution in [2.24, 2.45) is 0 Å². The van der Waals surface area contributed by atoms with Gasteiger partial charge in [0.2, 0.25) is 0 Å². The van der Waals surface area contributed by atoms with Crippen LogP contribution in [0.5, 0.6) is 0 Å². The Morgan fingerprint density at radius 3 is 1.11 bits per heavy atom. The van der Waals surface area contributed by atoms with E-state index in [0.717, 1.165) is 4.90 Å². The molecule has 46 heavy (non-hydrogen) atoms. The molecule has 0 aliphatic carbocycles. The summed E-state index contributed by atoms with van der Waals surface area (Å²) in [6.45, 7) is -0.289. The lowest BCUT2D eigenvalue weighted by Crippen LogP contribution is -2.32. The zero-order valence-corrected chi connectivity index (χ0v) is 30.0. The van der Waals surface area contributed by atoms with Crippen LogP contribution in [0.3, 0.4) is 0 Å². The average Bonchev–Trinajstić information content (AvgIpc) is 2.83. The van der Waals surface area contributed by atoms with Crippen LogP contribution in [0.4, 0.5) is 9.59 Å². The normalized spacial score (nSPS) is 14.1. The lowest BCUT2D eigenvalue weighted by atomic mass is 10.2. The zero-order valence-electron chi connectivity index (χ0n) is 24.6. The number of hydrogen-bond acceptors (Lipinski definition) is 12. The van der Waals surface area contributed by atoms with E-state index in [1.165, 1.54) is 9.80 Å². The first-order chi connectivity index (χ1) is 20.8. The van der Waals surface area contributed by atoms with Gasteiger partial charge in [-0.3, -0.25) is 42.4 Å². The summed E-state index contributed by atoms with van der Waals surface area (Å²) >= 11 is 0. The van der Waals surface area contributed by atoms with Crippen molar-refractivity contribution in [2.45, 2.75) is 38.5 Å². The van der Waals surface area contributed by atoms with Crippen molar-refractivity contribution in [3.63, 3.8) is 0 Å². The highest BCUT2D eigenvalue weighted by Crippen LogP contribution is 2.43. The van der Waals surface area contributed by atoms with Gasteiger partial charge >= 0.3 is 41.7 Å². The van der Waals surface area contributed by atoms with Crippen LogP contribution in [-0.2, 0) is 18.3 Å². The van der Waals surface area contributed by atoms with Crippen molar-refractivity contribution < 1.29 is 86.8 Å². The maximum atomic E-state index is 11.9. The van der Waals surface area contributed by atoms with Crippen LogP contribution in [0, 0.1) is 0 Å². The van der Waals surface area contributed by atoms with Crippen LogP contribution in [0.1, 0.15) is 38.5 Å². The highest BCUT2D eigenvalue weighted by molar-refractivity contribution is 7.71. The van der Waals surface area contributed by atoms with Gasteiger partial charge in [-0.1, -0.05) is 12.8 Å². The summed E-state index contributed by atoms with van der Waals surface area (Å²) in [5.41, 5.74) is -3.15. The molecule has 0 aromatic heterocycles. The van der Waals surface area contributed by atoms with Gasteiger partial charge in [0.1, 0.15) is 25.1 Å². The van der Waals surface area contributed by atoms with E-state index in [2.05, 4.69) is 0 Å². The number of hydrogen-bond donors (Lipinski definition) is 12. The fourth-order valence-electron chi connectivity index (χ4n) is 4.20. The Kier molecular flexibility index (Phi) is 21.5. The van der Waals surface area contributed by atoms with Crippen LogP contribution in [0.2, 0.25) is 0 Å². The minimum Gasteiger partial charge on any atom is -0.475 e. The maximum absolute atomic E-state index is 11.9. The third-order valence-electron chi connectivity index (χ3n) is 5.82. The summed E-state index contributed by atoms with van der Waals surface area (Å²) in [7, 11) is -24.6. The number of amides is 1. The molecule has 0 spiro atoms. The third-order valence-corrected chi connectivity index (χ3v) is 10.8. The van der Waals surface area contributed by atoms with Crippen molar-refractivity contribution in [1.29, 1.82) is 0 Å². The smallest absolute Gasteiger partial charge is 0.374 e. The number of rotatable bonds is 26. The van der Waals surface area contributed by atoms with Gasteiger partial charge in [-0.05, 0) is 38.8 Å². The van der Waals surface area contributed by atoms with Crippen LogP contribution in [0.15, 0.2) is 0 Å². The second-order valence-electron chi connectivity index (χ2n) is 10.2. The molecule has 22 nitrogen and oxygen atoms in total. The van der Waals surface area contributed by atoms with E-state index in [4.69, 9.17) is 34.5 Å². The molecule has 274 valence electrons. The molecule has 1 atom stereocenters. The molecule has 0 aromatic rings. The SMILES string of the molecule is O=C(N(CCCN(CCCCCCN(CCCN(CP(=O)(O)O)CP(=O)(O)O)CP(=O)(O)O)CP(=O)(O)O)P(O)C(=O)O)P(O)O. The first kappa shape index (κ1) is 46.2. The van der Waals surface area contributed by atoms with Crippen molar-refractivity contribution in [1.82, 2.24) is 19.4 Å². The van der Waals surface area contributed by atoms with E-state index in [-0.39, 0.29) is 45.6 Å². The lowest BCUT2D eigenvalue weighted by molar-refractivity contribution is 0.212. The van der Waals surface area contributed by atoms with Gasteiger partial charge in [0.05, 0.1) is 0 Å². The highest BCUT2D eigenvalue weighted by atomic mass is 31.2. The molecule has 1 amide bonds. The molecule has 0 aliphatic rings. The summed E-state index contributed by atoms with van der Waals surface area (Å²) in [4.78, 5) is 129. The number of unbranched alkanes of at least 4 members (excludes halogenated alkanes) is 3. The van der Waals surface area contributed by atoms with Gasteiger partial charge in [0.15, 0.2) is 0 Å². The van der Waals surface area contributed by atoms with E-state index in [0.29, 0.717) is 30.4 Å². The first-order valence-corrected chi connectivity index (χ1v) is 23.0.